The summed E-state index contributed by atoms with van der Waals surface area (Å²) < 4.78 is 0. The van der Waals surface area contributed by atoms with Crippen LogP contribution in [0.25, 0.3) is 0 Å². The number of rotatable bonds is 3. The molecule has 4 nitrogen and oxygen atoms in total. The highest BCUT2D eigenvalue weighted by Gasteiger charge is 2.16. The lowest BCUT2D eigenvalue weighted by Gasteiger charge is -2.09. The van der Waals surface area contributed by atoms with Crippen LogP contribution in [0.4, 0.5) is 5.13 Å². The van der Waals surface area contributed by atoms with Crippen LogP contribution in [-0.2, 0) is 0 Å². The van der Waals surface area contributed by atoms with E-state index < -0.39 is 5.97 Å². The van der Waals surface area contributed by atoms with Crippen molar-refractivity contribution >= 4 is 22.4 Å². The second-order valence-electron chi connectivity index (χ2n) is 3.46. The fourth-order valence-electron chi connectivity index (χ4n) is 1.68. The van der Waals surface area contributed by atoms with Crippen LogP contribution in [0.5, 0.6) is 0 Å². The molecule has 76 valence electrons. The Kier molecular flexibility index (Phi) is 2.67. The quantitative estimate of drug-likeness (QED) is 0.806. The fourth-order valence-corrected chi connectivity index (χ4v) is 2.42. The molecule has 5 heteroatoms. The van der Waals surface area contributed by atoms with Gasteiger partial charge in [-0.05, 0) is 12.8 Å². The molecule has 2 rings (SSSR count). The molecular weight excluding hydrogens is 200 g/mol. The standard InChI is InChI=1S/C9H12N2O2S/c12-8(13)7-5-10-9(14-7)11-6-3-1-2-4-6/h5-6H,1-4H2,(H,10,11)(H,12,13). The number of carbonyl (C=O) groups is 1. The van der Waals surface area contributed by atoms with E-state index in [1.165, 1.54) is 43.2 Å². The van der Waals surface area contributed by atoms with E-state index in [-0.39, 0.29) is 0 Å². The van der Waals surface area contributed by atoms with Gasteiger partial charge in [0.25, 0.3) is 0 Å². The van der Waals surface area contributed by atoms with Gasteiger partial charge in [-0.25, -0.2) is 9.78 Å². The SMILES string of the molecule is O=C(O)c1cnc(NC2CCCC2)s1. The summed E-state index contributed by atoms with van der Waals surface area (Å²) in [7, 11) is 0. The minimum atomic E-state index is -0.901. The molecule has 0 spiro atoms. The van der Waals surface area contributed by atoms with E-state index in [1.54, 1.807) is 0 Å². The number of hydrogen-bond acceptors (Lipinski definition) is 4. The molecule has 1 aliphatic rings. The maximum atomic E-state index is 10.6. The molecule has 1 aromatic rings. The Morgan fingerprint density at radius 1 is 1.57 bits per heavy atom. The van der Waals surface area contributed by atoms with Crippen molar-refractivity contribution in [3.63, 3.8) is 0 Å². The number of nitrogens with one attached hydrogen (secondary N) is 1. The van der Waals surface area contributed by atoms with Crippen molar-refractivity contribution in [3.05, 3.63) is 11.1 Å². The number of anilines is 1. The fraction of sp³-hybridized carbons (Fsp3) is 0.556. The Morgan fingerprint density at radius 3 is 2.86 bits per heavy atom. The Hall–Kier alpha value is -1.10. The Bertz CT molecular complexity index is 331. The van der Waals surface area contributed by atoms with Gasteiger partial charge in [-0.3, -0.25) is 0 Å². The highest BCUT2D eigenvalue weighted by molar-refractivity contribution is 7.17. The molecule has 1 saturated carbocycles. The Morgan fingerprint density at radius 2 is 2.29 bits per heavy atom. The molecule has 0 unspecified atom stereocenters. The first kappa shape index (κ1) is 9.45. The first-order valence-electron chi connectivity index (χ1n) is 4.71. The summed E-state index contributed by atoms with van der Waals surface area (Å²) in [6.45, 7) is 0. The third-order valence-corrected chi connectivity index (χ3v) is 3.32. The van der Waals surface area contributed by atoms with Gasteiger partial charge in [-0.2, -0.15) is 0 Å². The van der Waals surface area contributed by atoms with Crippen molar-refractivity contribution in [2.45, 2.75) is 31.7 Å². The van der Waals surface area contributed by atoms with Crippen LogP contribution in [-0.4, -0.2) is 22.1 Å². The molecule has 0 aromatic carbocycles. The van der Waals surface area contributed by atoms with Crippen LogP contribution in [0.1, 0.15) is 35.4 Å². The molecule has 1 aromatic heterocycles. The van der Waals surface area contributed by atoms with Crippen molar-refractivity contribution in [1.29, 1.82) is 0 Å². The van der Waals surface area contributed by atoms with Crippen LogP contribution in [0.3, 0.4) is 0 Å². The average Bonchev–Trinajstić information content (AvgIpc) is 2.75. The van der Waals surface area contributed by atoms with Crippen LogP contribution < -0.4 is 5.32 Å². The number of thiazole rings is 1. The molecule has 0 bridgehead atoms. The number of aromatic carboxylic acids is 1. The van der Waals surface area contributed by atoms with Crippen molar-refractivity contribution in [3.8, 4) is 0 Å². The van der Waals surface area contributed by atoms with E-state index in [1.807, 2.05) is 0 Å². The van der Waals surface area contributed by atoms with E-state index in [9.17, 15) is 4.79 Å². The third kappa shape index (κ3) is 2.04. The maximum absolute atomic E-state index is 10.6. The zero-order chi connectivity index (χ0) is 9.97. The van der Waals surface area contributed by atoms with Crippen molar-refractivity contribution in [1.82, 2.24) is 4.98 Å². The molecule has 0 saturated heterocycles. The largest absolute Gasteiger partial charge is 0.477 e. The summed E-state index contributed by atoms with van der Waals surface area (Å²) in [4.78, 5) is 14.9. The minimum absolute atomic E-state index is 0.297. The lowest BCUT2D eigenvalue weighted by molar-refractivity contribution is 0.0702. The number of hydrogen-bond donors (Lipinski definition) is 2. The summed E-state index contributed by atoms with van der Waals surface area (Å²) in [5.41, 5.74) is 0. The summed E-state index contributed by atoms with van der Waals surface area (Å²) in [6.07, 6.45) is 6.26. The molecule has 2 N–H and O–H groups in total. The average molecular weight is 212 g/mol. The van der Waals surface area contributed by atoms with Gasteiger partial charge in [0.2, 0.25) is 0 Å². The third-order valence-electron chi connectivity index (χ3n) is 2.40. The lowest BCUT2D eigenvalue weighted by Crippen LogP contribution is -2.13. The minimum Gasteiger partial charge on any atom is -0.477 e. The normalized spacial score (nSPS) is 17.1. The smallest absolute Gasteiger partial charge is 0.347 e. The van der Waals surface area contributed by atoms with Gasteiger partial charge in [0.05, 0.1) is 6.20 Å². The Balaban J connectivity index is 1.98. The van der Waals surface area contributed by atoms with Gasteiger partial charge >= 0.3 is 5.97 Å². The first-order chi connectivity index (χ1) is 6.75. The zero-order valence-electron chi connectivity index (χ0n) is 7.69. The van der Waals surface area contributed by atoms with Gasteiger partial charge in [-0.15, -0.1) is 0 Å². The van der Waals surface area contributed by atoms with Gasteiger partial charge < -0.3 is 10.4 Å². The topological polar surface area (TPSA) is 62.2 Å². The van der Waals surface area contributed by atoms with Gasteiger partial charge in [0.15, 0.2) is 5.13 Å². The molecule has 0 radical (unpaired) electrons. The second kappa shape index (κ2) is 3.96. The summed E-state index contributed by atoms with van der Waals surface area (Å²) in [6, 6.07) is 0.489. The van der Waals surface area contributed by atoms with E-state index in [2.05, 4.69) is 10.3 Å². The van der Waals surface area contributed by atoms with Crippen LogP contribution >= 0.6 is 11.3 Å². The lowest BCUT2D eigenvalue weighted by atomic mass is 10.3. The summed E-state index contributed by atoms with van der Waals surface area (Å²) >= 11 is 1.21. The number of nitrogens with zero attached hydrogens (tertiary/aromatic N) is 1. The highest BCUT2D eigenvalue weighted by atomic mass is 32.1. The van der Waals surface area contributed by atoms with E-state index in [4.69, 9.17) is 5.11 Å². The van der Waals surface area contributed by atoms with Crippen molar-refractivity contribution in [2.75, 3.05) is 5.32 Å². The van der Waals surface area contributed by atoms with E-state index in [0.29, 0.717) is 10.9 Å². The van der Waals surface area contributed by atoms with Crippen molar-refractivity contribution in [2.24, 2.45) is 0 Å². The van der Waals surface area contributed by atoms with Gasteiger partial charge in [0.1, 0.15) is 4.88 Å². The van der Waals surface area contributed by atoms with Crippen LogP contribution in [0.15, 0.2) is 6.20 Å². The molecule has 0 atom stereocenters. The van der Waals surface area contributed by atoms with E-state index in [0.717, 1.165) is 5.13 Å². The monoisotopic (exact) mass is 212 g/mol. The number of carboxylic acids is 1. The Labute approximate surface area is 86.0 Å². The predicted molar refractivity (Wildman–Crippen MR) is 55.0 cm³/mol. The molecule has 0 amide bonds. The number of carboxylic acid groups (broad SMARTS) is 1. The van der Waals surface area contributed by atoms with E-state index >= 15 is 0 Å². The molecule has 1 aliphatic carbocycles. The molecule has 14 heavy (non-hydrogen) atoms. The molecule has 1 heterocycles. The van der Waals surface area contributed by atoms with Gasteiger partial charge in [0, 0.05) is 6.04 Å². The summed E-state index contributed by atoms with van der Waals surface area (Å²) in [5.74, 6) is -0.901. The summed E-state index contributed by atoms with van der Waals surface area (Å²) in [5, 5.41) is 12.7. The molecule has 0 aliphatic heterocycles. The zero-order valence-corrected chi connectivity index (χ0v) is 8.51. The van der Waals surface area contributed by atoms with Gasteiger partial charge in [-0.1, -0.05) is 24.2 Å². The highest BCUT2D eigenvalue weighted by Crippen LogP contribution is 2.25. The van der Waals surface area contributed by atoms with Crippen molar-refractivity contribution < 1.29 is 9.90 Å². The molecular formula is C9H12N2O2S. The second-order valence-corrected chi connectivity index (χ2v) is 4.49. The number of aromatic nitrogens is 1. The maximum Gasteiger partial charge on any atom is 0.347 e. The predicted octanol–water partition coefficient (Wildman–Crippen LogP) is 2.20. The molecule has 1 fully saturated rings. The van der Waals surface area contributed by atoms with Crippen LogP contribution in [0, 0.1) is 0 Å². The van der Waals surface area contributed by atoms with Crippen LogP contribution in [0.2, 0.25) is 0 Å². The first-order valence-corrected chi connectivity index (χ1v) is 5.53.